The lowest BCUT2D eigenvalue weighted by molar-refractivity contribution is 0.0736. The summed E-state index contributed by atoms with van der Waals surface area (Å²) in [6.07, 6.45) is 2.37. The molecule has 1 unspecified atom stereocenters. The fourth-order valence-electron chi connectivity index (χ4n) is 3.57. The molecule has 0 aromatic heterocycles. The van der Waals surface area contributed by atoms with Crippen LogP contribution in [0.15, 0.2) is 53.4 Å². The van der Waals surface area contributed by atoms with Gasteiger partial charge in [-0.3, -0.25) is 4.79 Å². The minimum Gasteiger partial charge on any atom is -0.335 e. The molecule has 1 heterocycles. The number of benzene rings is 2. The van der Waals surface area contributed by atoms with Gasteiger partial charge in [0.05, 0.1) is 4.90 Å². The van der Waals surface area contributed by atoms with E-state index < -0.39 is 10.0 Å². The van der Waals surface area contributed by atoms with Crippen LogP contribution >= 0.6 is 0 Å². The number of nitrogens with one attached hydrogen (secondary N) is 1. The number of rotatable bonds is 6. The van der Waals surface area contributed by atoms with Crippen LogP contribution in [0.3, 0.4) is 0 Å². The molecule has 1 amide bonds. The van der Waals surface area contributed by atoms with Crippen molar-refractivity contribution in [1.29, 1.82) is 0 Å². The molecule has 0 aliphatic carbocycles. The zero-order chi connectivity index (χ0) is 20.3. The molecule has 1 aliphatic heterocycles. The van der Waals surface area contributed by atoms with Crippen LogP contribution in [0.25, 0.3) is 0 Å². The van der Waals surface area contributed by atoms with E-state index in [1.807, 2.05) is 6.07 Å². The van der Waals surface area contributed by atoms with Gasteiger partial charge < -0.3 is 4.90 Å². The molecule has 1 saturated heterocycles. The zero-order valence-corrected chi connectivity index (χ0v) is 16.9. The highest BCUT2D eigenvalue weighted by atomic mass is 32.2. The third kappa shape index (κ3) is 4.77. The maximum absolute atomic E-state index is 13.4. The molecular weight excluding hydrogens is 379 g/mol. The standard InChI is InChI=1S/C21H25FN2O3S/c1-15(2)23-28(26,27)20-10-8-17(9-11-20)21(25)24-12-4-7-19(24)14-16-5-3-6-18(22)13-16/h3,5-6,8-11,13,15,19,23H,4,7,12,14H2,1-2H3. The lowest BCUT2D eigenvalue weighted by Crippen LogP contribution is -2.36. The van der Waals surface area contributed by atoms with Crippen LogP contribution in [0.1, 0.15) is 42.6 Å². The number of likely N-dealkylation sites (tertiary alicyclic amines) is 1. The first-order valence-corrected chi connectivity index (χ1v) is 10.9. The summed E-state index contributed by atoms with van der Waals surface area (Å²) in [5.74, 6) is -0.403. The summed E-state index contributed by atoms with van der Waals surface area (Å²) in [7, 11) is -3.59. The van der Waals surface area contributed by atoms with Crippen LogP contribution in [-0.4, -0.2) is 37.9 Å². The number of nitrogens with zero attached hydrogens (tertiary/aromatic N) is 1. The molecular formula is C21H25FN2O3S. The first-order chi connectivity index (χ1) is 13.3. The van der Waals surface area contributed by atoms with Crippen LogP contribution in [0.4, 0.5) is 4.39 Å². The van der Waals surface area contributed by atoms with E-state index in [-0.39, 0.29) is 28.7 Å². The van der Waals surface area contributed by atoms with Gasteiger partial charge in [0, 0.05) is 24.2 Å². The summed E-state index contributed by atoms with van der Waals surface area (Å²) in [6, 6.07) is 12.3. The van der Waals surface area contributed by atoms with Crippen molar-refractivity contribution >= 4 is 15.9 Å². The third-order valence-corrected chi connectivity index (χ3v) is 6.48. The lowest BCUT2D eigenvalue weighted by atomic mass is 10.0. The van der Waals surface area contributed by atoms with Gasteiger partial charge in [-0.2, -0.15) is 0 Å². The molecule has 0 saturated carbocycles. The topological polar surface area (TPSA) is 66.5 Å². The Kier molecular flexibility index (Phi) is 6.15. The van der Waals surface area contributed by atoms with Crippen molar-refractivity contribution < 1.29 is 17.6 Å². The third-order valence-electron chi connectivity index (χ3n) is 4.80. The van der Waals surface area contributed by atoms with Crippen LogP contribution in [0, 0.1) is 5.82 Å². The van der Waals surface area contributed by atoms with Gasteiger partial charge in [0.1, 0.15) is 5.82 Å². The Morgan fingerprint density at radius 1 is 1.21 bits per heavy atom. The maximum Gasteiger partial charge on any atom is 0.254 e. The van der Waals surface area contributed by atoms with Gasteiger partial charge in [-0.05, 0) is 75.1 Å². The van der Waals surface area contributed by atoms with Crippen molar-refractivity contribution in [2.75, 3.05) is 6.54 Å². The summed E-state index contributed by atoms with van der Waals surface area (Å²) in [5.41, 5.74) is 1.32. The molecule has 1 aliphatic rings. The summed E-state index contributed by atoms with van der Waals surface area (Å²) in [4.78, 5) is 14.9. The first-order valence-electron chi connectivity index (χ1n) is 9.44. The molecule has 28 heavy (non-hydrogen) atoms. The van der Waals surface area contributed by atoms with E-state index in [1.165, 1.54) is 24.3 Å². The van der Waals surface area contributed by atoms with E-state index in [9.17, 15) is 17.6 Å². The fourth-order valence-corrected chi connectivity index (χ4v) is 4.82. The smallest absolute Gasteiger partial charge is 0.254 e. The number of hydrogen-bond acceptors (Lipinski definition) is 3. The van der Waals surface area contributed by atoms with Crippen molar-refractivity contribution in [1.82, 2.24) is 9.62 Å². The van der Waals surface area contributed by atoms with Crippen LogP contribution < -0.4 is 4.72 Å². The second-order valence-electron chi connectivity index (χ2n) is 7.43. The number of amides is 1. The van der Waals surface area contributed by atoms with E-state index in [0.717, 1.165) is 18.4 Å². The Labute approximate surface area is 165 Å². The number of halogens is 1. The Balaban J connectivity index is 1.74. The van der Waals surface area contributed by atoms with E-state index in [0.29, 0.717) is 18.5 Å². The number of carbonyl (C=O) groups excluding carboxylic acids is 1. The van der Waals surface area contributed by atoms with E-state index in [1.54, 1.807) is 36.9 Å². The van der Waals surface area contributed by atoms with E-state index in [4.69, 9.17) is 0 Å². The number of hydrogen-bond donors (Lipinski definition) is 1. The zero-order valence-electron chi connectivity index (χ0n) is 16.1. The summed E-state index contributed by atoms with van der Waals surface area (Å²) < 4.78 is 40.4. The van der Waals surface area contributed by atoms with Gasteiger partial charge in [-0.1, -0.05) is 12.1 Å². The molecule has 0 bridgehead atoms. The average molecular weight is 405 g/mol. The maximum atomic E-state index is 13.4. The monoisotopic (exact) mass is 404 g/mol. The van der Waals surface area contributed by atoms with Crippen molar-refractivity contribution in [2.45, 2.75) is 50.1 Å². The number of carbonyl (C=O) groups is 1. The van der Waals surface area contributed by atoms with Crippen LogP contribution in [-0.2, 0) is 16.4 Å². The molecule has 2 aromatic carbocycles. The minimum atomic E-state index is -3.59. The van der Waals surface area contributed by atoms with Crippen molar-refractivity contribution in [2.24, 2.45) is 0 Å². The highest BCUT2D eigenvalue weighted by molar-refractivity contribution is 7.89. The van der Waals surface area contributed by atoms with Gasteiger partial charge in [-0.25, -0.2) is 17.5 Å². The molecule has 7 heteroatoms. The predicted molar refractivity (Wildman–Crippen MR) is 106 cm³/mol. The fraction of sp³-hybridized carbons (Fsp3) is 0.381. The second-order valence-corrected chi connectivity index (χ2v) is 9.14. The van der Waals surface area contributed by atoms with Crippen molar-refractivity contribution in [3.05, 3.63) is 65.5 Å². The van der Waals surface area contributed by atoms with Gasteiger partial charge in [0.25, 0.3) is 5.91 Å². The van der Waals surface area contributed by atoms with E-state index >= 15 is 0 Å². The Morgan fingerprint density at radius 2 is 1.93 bits per heavy atom. The molecule has 3 rings (SSSR count). The first kappa shape index (κ1) is 20.5. The summed E-state index contributed by atoms with van der Waals surface area (Å²) >= 11 is 0. The average Bonchev–Trinajstić information content (AvgIpc) is 3.08. The molecule has 1 fully saturated rings. The molecule has 0 spiro atoms. The van der Waals surface area contributed by atoms with Crippen molar-refractivity contribution in [3.8, 4) is 0 Å². The normalized spacial score (nSPS) is 17.3. The molecule has 1 N–H and O–H groups in total. The largest absolute Gasteiger partial charge is 0.335 e. The second kappa shape index (κ2) is 8.41. The van der Waals surface area contributed by atoms with Crippen LogP contribution in [0.2, 0.25) is 0 Å². The molecule has 2 aromatic rings. The molecule has 5 nitrogen and oxygen atoms in total. The summed E-state index contributed by atoms with van der Waals surface area (Å²) in [5, 5.41) is 0. The Hall–Kier alpha value is -2.25. The quantitative estimate of drug-likeness (QED) is 0.803. The SMILES string of the molecule is CC(C)NS(=O)(=O)c1ccc(C(=O)N2CCCC2Cc2cccc(F)c2)cc1. The molecule has 0 radical (unpaired) electrons. The minimum absolute atomic E-state index is 0.0142. The lowest BCUT2D eigenvalue weighted by Gasteiger charge is -2.25. The van der Waals surface area contributed by atoms with Gasteiger partial charge in [0.2, 0.25) is 10.0 Å². The van der Waals surface area contributed by atoms with E-state index in [2.05, 4.69) is 4.72 Å². The molecule has 1 atom stereocenters. The van der Waals surface area contributed by atoms with Crippen LogP contribution in [0.5, 0.6) is 0 Å². The Morgan fingerprint density at radius 3 is 2.57 bits per heavy atom. The van der Waals surface area contributed by atoms with Gasteiger partial charge >= 0.3 is 0 Å². The number of sulfonamides is 1. The van der Waals surface area contributed by atoms with Gasteiger partial charge in [0.15, 0.2) is 0 Å². The predicted octanol–water partition coefficient (Wildman–Crippen LogP) is 3.36. The summed E-state index contributed by atoms with van der Waals surface area (Å²) in [6.45, 7) is 4.15. The highest BCUT2D eigenvalue weighted by Crippen LogP contribution is 2.24. The molecule has 150 valence electrons. The van der Waals surface area contributed by atoms with Gasteiger partial charge in [-0.15, -0.1) is 0 Å². The highest BCUT2D eigenvalue weighted by Gasteiger charge is 2.29. The van der Waals surface area contributed by atoms with Crippen molar-refractivity contribution in [3.63, 3.8) is 0 Å². The Bertz CT molecular complexity index is 942.